The van der Waals surface area contributed by atoms with Crippen molar-refractivity contribution in [1.29, 1.82) is 0 Å². The van der Waals surface area contributed by atoms with Gasteiger partial charge in [0.25, 0.3) is 0 Å². The van der Waals surface area contributed by atoms with Crippen LogP contribution in [0.3, 0.4) is 0 Å². The van der Waals surface area contributed by atoms with Gasteiger partial charge < -0.3 is 4.74 Å². The molecular weight excluding hydrogens is 284 g/mol. The first-order valence-corrected chi connectivity index (χ1v) is 9.89. The Kier molecular flexibility index (Phi) is 2.57. The Morgan fingerprint density at radius 1 is 1.00 bits per heavy atom. The van der Waals surface area contributed by atoms with E-state index in [9.17, 15) is 4.79 Å². The van der Waals surface area contributed by atoms with Crippen molar-refractivity contribution in [2.75, 3.05) is 7.11 Å². The summed E-state index contributed by atoms with van der Waals surface area (Å²) in [5.41, 5.74) is 1.47. The summed E-state index contributed by atoms with van der Waals surface area (Å²) in [7, 11) is 1.58. The van der Waals surface area contributed by atoms with E-state index in [-0.39, 0.29) is 11.4 Å². The Labute approximate surface area is 140 Å². The number of ether oxygens (including phenoxy) is 1. The lowest BCUT2D eigenvalue weighted by atomic mass is 9.39. The van der Waals surface area contributed by atoms with E-state index in [1.54, 1.807) is 7.11 Å². The third-order valence-electron chi connectivity index (χ3n) is 10.0. The molecule has 0 aromatic heterocycles. The summed E-state index contributed by atoms with van der Waals surface area (Å²) in [4.78, 5) is 12.6. The van der Waals surface area contributed by atoms with Crippen LogP contribution in [0.2, 0.25) is 0 Å². The van der Waals surface area contributed by atoms with Gasteiger partial charge in [0.1, 0.15) is 0 Å². The lowest BCUT2D eigenvalue weighted by molar-refractivity contribution is -0.189. The molecule has 0 heterocycles. The third-order valence-corrected chi connectivity index (χ3v) is 10.0. The van der Waals surface area contributed by atoms with Crippen molar-refractivity contribution in [2.45, 2.75) is 72.1 Å². The van der Waals surface area contributed by atoms with Crippen LogP contribution in [0, 0.1) is 45.3 Å². The van der Waals surface area contributed by atoms with E-state index in [4.69, 9.17) is 4.74 Å². The molecule has 6 aliphatic rings. The standard InChI is InChI=1S/C21H32O2/c1-18-7-5-8-19(2,17(22)23-4)15(18)6-9-21-11-14-13(10-16(18)21)20(14,3)12-21/h13-16H,5-12H2,1-4H3/t13-,14?,15+,16+,18-,19-,20+,21+/m1/s1. The fourth-order valence-electron chi connectivity index (χ4n) is 9.09. The zero-order chi connectivity index (χ0) is 16.3. The summed E-state index contributed by atoms with van der Waals surface area (Å²) in [6.07, 6.45) is 10.7. The first-order chi connectivity index (χ1) is 10.8. The molecule has 6 aliphatic carbocycles. The molecule has 0 amide bonds. The minimum absolute atomic E-state index is 0.0583. The van der Waals surface area contributed by atoms with Gasteiger partial charge in [-0.25, -0.2) is 0 Å². The van der Waals surface area contributed by atoms with Gasteiger partial charge in [-0.05, 0) is 91.8 Å². The van der Waals surface area contributed by atoms with Crippen molar-refractivity contribution in [3.05, 3.63) is 0 Å². The molecule has 4 bridgehead atoms. The van der Waals surface area contributed by atoms with Crippen LogP contribution in [-0.2, 0) is 9.53 Å². The van der Waals surface area contributed by atoms with Crippen LogP contribution in [0.25, 0.3) is 0 Å². The molecule has 6 rings (SSSR count). The van der Waals surface area contributed by atoms with E-state index < -0.39 is 0 Å². The van der Waals surface area contributed by atoms with Crippen molar-refractivity contribution in [2.24, 2.45) is 45.3 Å². The zero-order valence-corrected chi connectivity index (χ0v) is 15.3. The van der Waals surface area contributed by atoms with Crippen molar-refractivity contribution in [3.63, 3.8) is 0 Å². The molecule has 0 aliphatic heterocycles. The lowest BCUT2D eigenvalue weighted by Gasteiger charge is -2.65. The van der Waals surface area contributed by atoms with Crippen molar-refractivity contribution in [1.82, 2.24) is 0 Å². The molecule has 2 nitrogen and oxygen atoms in total. The predicted molar refractivity (Wildman–Crippen MR) is 89.7 cm³/mol. The Hall–Kier alpha value is -0.530. The molecule has 2 heteroatoms. The summed E-state index contributed by atoms with van der Waals surface area (Å²) in [6.45, 7) is 7.34. The Morgan fingerprint density at radius 3 is 2.43 bits per heavy atom. The third kappa shape index (κ3) is 1.47. The number of carbonyl (C=O) groups is 1. The van der Waals surface area contributed by atoms with Crippen LogP contribution in [0.15, 0.2) is 0 Å². The van der Waals surface area contributed by atoms with Crippen LogP contribution in [0.5, 0.6) is 0 Å². The fraction of sp³-hybridized carbons (Fsp3) is 0.952. The molecule has 0 N–H and O–H groups in total. The lowest BCUT2D eigenvalue weighted by Crippen LogP contribution is -2.59. The van der Waals surface area contributed by atoms with Gasteiger partial charge in [-0.15, -0.1) is 0 Å². The molecule has 0 aromatic rings. The molecule has 6 fully saturated rings. The van der Waals surface area contributed by atoms with Crippen molar-refractivity contribution in [3.8, 4) is 0 Å². The molecule has 0 saturated heterocycles. The van der Waals surface area contributed by atoms with E-state index in [0.717, 1.165) is 24.2 Å². The smallest absolute Gasteiger partial charge is 0.311 e. The number of rotatable bonds is 1. The maximum Gasteiger partial charge on any atom is 0.311 e. The van der Waals surface area contributed by atoms with Gasteiger partial charge in [0.05, 0.1) is 12.5 Å². The maximum absolute atomic E-state index is 12.6. The minimum atomic E-state index is -0.239. The molecule has 128 valence electrons. The van der Waals surface area contributed by atoms with Crippen molar-refractivity contribution < 1.29 is 9.53 Å². The van der Waals surface area contributed by atoms with Crippen LogP contribution < -0.4 is 0 Å². The highest BCUT2D eigenvalue weighted by atomic mass is 16.5. The topological polar surface area (TPSA) is 26.3 Å². The molecule has 1 unspecified atom stereocenters. The summed E-state index contributed by atoms with van der Waals surface area (Å²) < 4.78 is 5.26. The van der Waals surface area contributed by atoms with Gasteiger partial charge in [0, 0.05) is 0 Å². The quantitative estimate of drug-likeness (QED) is 0.648. The minimum Gasteiger partial charge on any atom is -0.469 e. The zero-order valence-electron chi connectivity index (χ0n) is 15.3. The first kappa shape index (κ1) is 14.8. The summed E-state index contributed by atoms with van der Waals surface area (Å²) in [5.74, 6) is 3.53. The highest BCUT2D eigenvalue weighted by Gasteiger charge is 2.78. The fourth-order valence-corrected chi connectivity index (χ4v) is 9.09. The van der Waals surface area contributed by atoms with Gasteiger partial charge >= 0.3 is 5.97 Å². The largest absolute Gasteiger partial charge is 0.469 e. The van der Waals surface area contributed by atoms with E-state index in [0.29, 0.717) is 22.2 Å². The molecule has 8 atom stereocenters. The van der Waals surface area contributed by atoms with Gasteiger partial charge in [-0.3, -0.25) is 4.79 Å². The van der Waals surface area contributed by atoms with Crippen LogP contribution >= 0.6 is 0 Å². The molecule has 0 aromatic carbocycles. The molecular formula is C21H32O2. The second kappa shape index (κ2) is 3.99. The number of hydrogen-bond donors (Lipinski definition) is 0. The normalized spacial score (nSPS) is 62.3. The van der Waals surface area contributed by atoms with Gasteiger partial charge in [-0.2, -0.15) is 0 Å². The van der Waals surface area contributed by atoms with Gasteiger partial charge in [0.15, 0.2) is 0 Å². The van der Waals surface area contributed by atoms with Gasteiger partial charge in [-0.1, -0.05) is 20.3 Å². The Morgan fingerprint density at radius 2 is 1.78 bits per heavy atom. The van der Waals surface area contributed by atoms with E-state index in [1.165, 1.54) is 44.9 Å². The van der Waals surface area contributed by atoms with E-state index >= 15 is 0 Å². The number of methoxy groups -OCH3 is 1. The predicted octanol–water partition coefficient (Wildman–Crippen LogP) is 4.82. The van der Waals surface area contributed by atoms with Crippen LogP contribution in [0.1, 0.15) is 72.1 Å². The highest BCUT2D eigenvalue weighted by Crippen LogP contribution is 2.85. The summed E-state index contributed by atoms with van der Waals surface area (Å²) in [5, 5.41) is 0. The number of carbonyl (C=O) groups excluding carboxylic acids is 1. The van der Waals surface area contributed by atoms with E-state index in [1.807, 2.05) is 0 Å². The second-order valence-electron chi connectivity index (χ2n) is 10.6. The highest BCUT2D eigenvalue weighted by molar-refractivity contribution is 5.77. The molecule has 6 saturated carbocycles. The average Bonchev–Trinajstić information content (AvgIpc) is 2.97. The van der Waals surface area contributed by atoms with E-state index in [2.05, 4.69) is 20.8 Å². The second-order valence-corrected chi connectivity index (χ2v) is 10.6. The number of fused-ring (bicyclic) bond motifs is 1. The van der Waals surface area contributed by atoms with Gasteiger partial charge in [0.2, 0.25) is 0 Å². The van der Waals surface area contributed by atoms with Crippen LogP contribution in [0.4, 0.5) is 0 Å². The van der Waals surface area contributed by atoms with Crippen molar-refractivity contribution >= 4 is 5.97 Å². The summed E-state index contributed by atoms with van der Waals surface area (Å²) in [6, 6.07) is 0. The molecule has 0 radical (unpaired) electrons. The number of esters is 1. The Bertz CT molecular complexity index is 584. The van der Waals surface area contributed by atoms with Crippen LogP contribution in [-0.4, -0.2) is 13.1 Å². The Balaban J connectivity index is 1.54. The maximum atomic E-state index is 12.6. The average molecular weight is 316 g/mol. The first-order valence-electron chi connectivity index (χ1n) is 9.89. The SMILES string of the molecule is COC(=O)[C@]1(C)CCC[C@@]2(C)[C@@H]3C[C@@H]4C5C[C@@]3(CC[C@@H]21)C[C@]54C. The molecule has 1 spiro atoms. The summed E-state index contributed by atoms with van der Waals surface area (Å²) >= 11 is 0. The number of hydrogen-bond acceptors (Lipinski definition) is 2. The monoisotopic (exact) mass is 316 g/mol. The molecule has 23 heavy (non-hydrogen) atoms.